The largest absolute Gasteiger partial charge is 0.489 e. The second-order valence-corrected chi connectivity index (χ2v) is 8.05. The van der Waals surface area contributed by atoms with Crippen molar-refractivity contribution in [2.45, 2.75) is 13.5 Å². The first kappa shape index (κ1) is 24.3. The van der Waals surface area contributed by atoms with Crippen molar-refractivity contribution < 1.29 is 23.1 Å². The number of nitrogens with zero attached hydrogens (tertiary/aromatic N) is 1. The molecule has 0 unspecified atom stereocenters. The molecule has 0 radical (unpaired) electrons. The minimum absolute atomic E-state index is 0.0396. The molecule has 0 bridgehead atoms. The van der Waals surface area contributed by atoms with Crippen molar-refractivity contribution in [3.63, 3.8) is 0 Å². The van der Waals surface area contributed by atoms with Gasteiger partial charge in [0, 0.05) is 10.0 Å². The van der Waals surface area contributed by atoms with Crippen molar-refractivity contribution in [1.82, 2.24) is 5.43 Å². The summed E-state index contributed by atoms with van der Waals surface area (Å²) < 4.78 is 33.7. The first-order chi connectivity index (χ1) is 15.7. The van der Waals surface area contributed by atoms with Crippen molar-refractivity contribution in [3.05, 3.63) is 92.9 Å². The Morgan fingerprint density at radius 1 is 1.03 bits per heavy atom. The summed E-state index contributed by atoms with van der Waals surface area (Å²) in [6.45, 7) is 1.59. The van der Waals surface area contributed by atoms with Crippen LogP contribution in [0.4, 0.5) is 14.5 Å². The molecule has 3 aromatic rings. The van der Waals surface area contributed by atoms with Gasteiger partial charge in [0.2, 0.25) is 0 Å². The number of carbonyl (C=O) groups excluding carboxylic acids is 2. The number of amides is 2. The molecule has 2 N–H and O–H groups in total. The topological polar surface area (TPSA) is 79.8 Å². The van der Waals surface area contributed by atoms with Crippen LogP contribution in [0.3, 0.4) is 0 Å². The number of hydrogen-bond donors (Lipinski definition) is 2. The van der Waals surface area contributed by atoms with Crippen LogP contribution in [0.2, 0.25) is 5.02 Å². The van der Waals surface area contributed by atoms with Gasteiger partial charge in [-0.2, -0.15) is 5.10 Å². The van der Waals surface area contributed by atoms with Crippen LogP contribution in [0, 0.1) is 11.6 Å². The van der Waals surface area contributed by atoms with E-state index >= 15 is 0 Å². The van der Waals surface area contributed by atoms with Gasteiger partial charge in [0.15, 0.2) is 0 Å². The number of halogens is 4. The molecule has 10 heteroatoms. The molecule has 3 rings (SSSR count). The van der Waals surface area contributed by atoms with E-state index in [2.05, 4.69) is 31.8 Å². The number of carbonyl (C=O) groups is 2. The van der Waals surface area contributed by atoms with Crippen LogP contribution >= 0.6 is 27.5 Å². The standard InChI is InChI=1S/C23H17BrClF2N3O3/c1-13(29-30-23(32)22(31)28-21-10-7-15(24)11-20(21)27)14-5-8-16(9-6-14)33-12-17-18(25)3-2-4-19(17)26/h2-11H,12H2,1H3,(H,28,31)(H,30,32)/b29-13+. The van der Waals surface area contributed by atoms with E-state index in [1.807, 2.05) is 0 Å². The average molecular weight is 537 g/mol. The third kappa shape index (κ3) is 6.59. The second kappa shape index (κ2) is 11.0. The highest BCUT2D eigenvalue weighted by Gasteiger charge is 2.15. The Labute approximate surface area is 201 Å². The van der Waals surface area contributed by atoms with Crippen molar-refractivity contribution in [2.24, 2.45) is 5.10 Å². The maximum atomic E-state index is 13.8. The van der Waals surface area contributed by atoms with E-state index in [1.165, 1.54) is 24.3 Å². The van der Waals surface area contributed by atoms with Gasteiger partial charge in [0.25, 0.3) is 0 Å². The maximum Gasteiger partial charge on any atom is 0.329 e. The molecule has 0 fully saturated rings. The Bertz CT molecular complexity index is 1200. The zero-order valence-electron chi connectivity index (χ0n) is 17.2. The summed E-state index contributed by atoms with van der Waals surface area (Å²) >= 11 is 9.09. The van der Waals surface area contributed by atoms with Crippen LogP contribution in [0.1, 0.15) is 18.1 Å². The lowest BCUT2D eigenvalue weighted by Gasteiger charge is -2.09. The molecule has 0 saturated carbocycles. The predicted octanol–water partition coefficient (Wildman–Crippen LogP) is 5.44. The van der Waals surface area contributed by atoms with Crippen molar-refractivity contribution in [3.8, 4) is 5.75 Å². The highest BCUT2D eigenvalue weighted by molar-refractivity contribution is 9.10. The number of hydrazone groups is 1. The average Bonchev–Trinajstić information content (AvgIpc) is 2.79. The Kier molecular flexibility index (Phi) is 8.13. The van der Waals surface area contributed by atoms with Gasteiger partial charge in [-0.05, 0) is 67.1 Å². The highest BCUT2D eigenvalue weighted by Crippen LogP contribution is 2.22. The van der Waals surface area contributed by atoms with E-state index in [0.717, 1.165) is 6.07 Å². The van der Waals surface area contributed by atoms with E-state index < -0.39 is 23.4 Å². The van der Waals surface area contributed by atoms with E-state index in [1.54, 1.807) is 37.3 Å². The summed E-state index contributed by atoms with van der Waals surface area (Å²) in [4.78, 5) is 23.9. The summed E-state index contributed by atoms with van der Waals surface area (Å²) in [5.41, 5.74) is 3.30. The Balaban J connectivity index is 1.56. The minimum Gasteiger partial charge on any atom is -0.489 e. The first-order valence-electron chi connectivity index (χ1n) is 9.51. The molecular weight excluding hydrogens is 520 g/mol. The zero-order valence-corrected chi connectivity index (χ0v) is 19.5. The van der Waals surface area contributed by atoms with Crippen LogP contribution in [-0.2, 0) is 16.2 Å². The van der Waals surface area contributed by atoms with Gasteiger partial charge in [-0.15, -0.1) is 0 Å². The molecule has 3 aromatic carbocycles. The molecule has 0 saturated heterocycles. The van der Waals surface area contributed by atoms with E-state index in [4.69, 9.17) is 16.3 Å². The fraction of sp³-hybridized carbons (Fsp3) is 0.0870. The SMILES string of the molecule is C/C(=N\NC(=O)C(=O)Nc1ccc(Br)cc1F)c1ccc(OCc2c(F)cccc2Cl)cc1. The zero-order chi connectivity index (χ0) is 24.0. The van der Waals surface area contributed by atoms with Crippen LogP contribution < -0.4 is 15.5 Å². The smallest absolute Gasteiger partial charge is 0.329 e. The minimum atomic E-state index is -1.07. The molecule has 0 aliphatic carbocycles. The maximum absolute atomic E-state index is 13.8. The molecule has 0 aliphatic rings. The van der Waals surface area contributed by atoms with Gasteiger partial charge in [-0.3, -0.25) is 9.59 Å². The number of benzene rings is 3. The van der Waals surface area contributed by atoms with Crippen LogP contribution in [0.25, 0.3) is 0 Å². The van der Waals surface area contributed by atoms with Gasteiger partial charge < -0.3 is 10.1 Å². The van der Waals surface area contributed by atoms with Gasteiger partial charge in [-0.1, -0.05) is 33.6 Å². The van der Waals surface area contributed by atoms with Crippen LogP contribution in [0.15, 0.2) is 70.2 Å². The third-order valence-corrected chi connectivity index (χ3v) is 5.28. The van der Waals surface area contributed by atoms with Gasteiger partial charge in [0.05, 0.1) is 16.4 Å². The molecule has 0 aliphatic heterocycles. The lowest BCUT2D eigenvalue weighted by molar-refractivity contribution is -0.136. The monoisotopic (exact) mass is 535 g/mol. The van der Waals surface area contributed by atoms with E-state index in [9.17, 15) is 18.4 Å². The van der Waals surface area contributed by atoms with Gasteiger partial charge >= 0.3 is 11.8 Å². The number of nitrogens with one attached hydrogen (secondary N) is 2. The van der Waals surface area contributed by atoms with Crippen molar-refractivity contribution >= 4 is 50.7 Å². The summed E-state index contributed by atoms with van der Waals surface area (Å²) in [5, 5.41) is 6.34. The highest BCUT2D eigenvalue weighted by atomic mass is 79.9. The number of ether oxygens (including phenoxy) is 1. The fourth-order valence-electron chi connectivity index (χ4n) is 2.64. The number of hydrogen-bond acceptors (Lipinski definition) is 4. The molecular formula is C23H17BrClF2N3O3. The Morgan fingerprint density at radius 2 is 1.76 bits per heavy atom. The normalized spacial score (nSPS) is 11.1. The predicted molar refractivity (Wildman–Crippen MR) is 125 cm³/mol. The van der Waals surface area contributed by atoms with E-state index in [-0.39, 0.29) is 22.9 Å². The van der Waals surface area contributed by atoms with Gasteiger partial charge in [-0.25, -0.2) is 14.2 Å². The summed E-state index contributed by atoms with van der Waals surface area (Å²) in [7, 11) is 0. The summed E-state index contributed by atoms with van der Waals surface area (Å²) in [6.07, 6.45) is 0. The van der Waals surface area contributed by atoms with Crippen LogP contribution in [0.5, 0.6) is 5.75 Å². The molecule has 0 heterocycles. The molecule has 33 heavy (non-hydrogen) atoms. The molecule has 0 spiro atoms. The third-order valence-electron chi connectivity index (χ3n) is 4.43. The molecule has 170 valence electrons. The lowest BCUT2D eigenvalue weighted by atomic mass is 10.1. The fourth-order valence-corrected chi connectivity index (χ4v) is 3.19. The van der Waals surface area contributed by atoms with E-state index in [0.29, 0.717) is 21.5 Å². The molecule has 0 aromatic heterocycles. The van der Waals surface area contributed by atoms with Gasteiger partial charge in [0.1, 0.15) is 24.0 Å². The molecule has 0 atom stereocenters. The van der Waals surface area contributed by atoms with Crippen molar-refractivity contribution in [1.29, 1.82) is 0 Å². The van der Waals surface area contributed by atoms with Crippen LogP contribution in [-0.4, -0.2) is 17.5 Å². The quantitative estimate of drug-likeness (QED) is 0.250. The summed E-state index contributed by atoms with van der Waals surface area (Å²) in [6, 6.07) is 15.1. The number of rotatable bonds is 6. The Hall–Kier alpha value is -3.30. The number of anilines is 1. The van der Waals surface area contributed by atoms with Crippen molar-refractivity contribution in [2.75, 3.05) is 5.32 Å². The lowest BCUT2D eigenvalue weighted by Crippen LogP contribution is -2.33. The summed E-state index contributed by atoms with van der Waals surface area (Å²) in [5.74, 6) is -2.79. The first-order valence-corrected chi connectivity index (χ1v) is 10.7. The molecule has 6 nitrogen and oxygen atoms in total. The molecule has 2 amide bonds. The second-order valence-electron chi connectivity index (χ2n) is 6.73. The Morgan fingerprint density at radius 3 is 2.42 bits per heavy atom.